The van der Waals surface area contributed by atoms with Crippen LogP contribution in [0.1, 0.15) is 47.5 Å². The quantitative estimate of drug-likeness (QED) is 0.361. The summed E-state index contributed by atoms with van der Waals surface area (Å²) in [5.74, 6) is 0.679. The molecule has 3 aromatic rings. The van der Waals surface area contributed by atoms with Crippen molar-refractivity contribution in [3.8, 4) is 5.75 Å². The molecular weight excluding hydrogens is 340 g/mol. The number of benzene rings is 1. The molecule has 0 saturated carbocycles. The molecule has 144 valence electrons. The van der Waals surface area contributed by atoms with Crippen molar-refractivity contribution < 1.29 is 13.6 Å². The van der Waals surface area contributed by atoms with Crippen LogP contribution < -0.4 is 10.4 Å². The Kier molecular flexibility index (Phi) is 7.47. The third-order valence-electron chi connectivity index (χ3n) is 4.06. The van der Waals surface area contributed by atoms with Gasteiger partial charge in [0, 0.05) is 12.1 Å². The minimum Gasteiger partial charge on any atom is -0.488 e. The van der Waals surface area contributed by atoms with E-state index < -0.39 is 0 Å². The van der Waals surface area contributed by atoms with E-state index in [1.807, 2.05) is 19.9 Å². The number of hydrogen-bond acceptors (Lipinski definition) is 4. The first-order chi connectivity index (χ1) is 13.0. The second-order valence-corrected chi connectivity index (χ2v) is 6.39. The highest BCUT2D eigenvalue weighted by atomic mass is 16.5. The summed E-state index contributed by atoms with van der Waals surface area (Å²) in [6, 6.07) is 6.72. The van der Waals surface area contributed by atoms with Gasteiger partial charge in [-0.25, -0.2) is 4.79 Å². The summed E-state index contributed by atoms with van der Waals surface area (Å²) in [4.78, 5) is 11.5. The van der Waals surface area contributed by atoms with Crippen molar-refractivity contribution in [2.75, 3.05) is 6.61 Å². The Morgan fingerprint density at radius 3 is 2.52 bits per heavy atom. The van der Waals surface area contributed by atoms with Crippen molar-refractivity contribution in [3.63, 3.8) is 0 Å². The highest BCUT2D eigenvalue weighted by Crippen LogP contribution is 2.35. The second-order valence-electron chi connectivity index (χ2n) is 6.39. The minimum absolute atomic E-state index is 0.389. The van der Waals surface area contributed by atoms with Gasteiger partial charge in [-0.1, -0.05) is 31.1 Å². The molecule has 0 unspecified atom stereocenters. The van der Waals surface area contributed by atoms with Crippen molar-refractivity contribution in [3.05, 3.63) is 64.2 Å². The third kappa shape index (κ3) is 5.36. The van der Waals surface area contributed by atoms with Crippen LogP contribution in [0.25, 0.3) is 21.9 Å². The van der Waals surface area contributed by atoms with Gasteiger partial charge in [0.2, 0.25) is 0 Å². The Morgan fingerprint density at radius 2 is 1.78 bits per heavy atom. The van der Waals surface area contributed by atoms with Crippen molar-refractivity contribution in [2.24, 2.45) is 0 Å². The standard InChI is InChI=1S/C21H22O4.C2H6/c1-14(2)5-4-6-15(3)9-11-24-21-16-7-8-20(22)25-19(16)13-18-17(21)10-12-23-18;1-2/h5,7-10,12-13H,4,6,11H2,1-3H3;1-2H3/b15-9+;. The van der Waals surface area contributed by atoms with Crippen molar-refractivity contribution >= 4 is 21.9 Å². The van der Waals surface area contributed by atoms with E-state index in [0.29, 0.717) is 23.5 Å². The van der Waals surface area contributed by atoms with Gasteiger partial charge in [0.25, 0.3) is 0 Å². The maximum absolute atomic E-state index is 11.5. The number of fused-ring (bicyclic) bond motifs is 2. The third-order valence-corrected chi connectivity index (χ3v) is 4.06. The van der Waals surface area contributed by atoms with Gasteiger partial charge >= 0.3 is 5.63 Å². The zero-order chi connectivity index (χ0) is 19.8. The van der Waals surface area contributed by atoms with Crippen LogP contribution in [0.3, 0.4) is 0 Å². The maximum Gasteiger partial charge on any atom is 0.336 e. The van der Waals surface area contributed by atoms with Gasteiger partial charge in [-0.05, 0) is 51.8 Å². The van der Waals surface area contributed by atoms with Gasteiger partial charge in [-0.3, -0.25) is 0 Å². The molecule has 27 heavy (non-hydrogen) atoms. The minimum atomic E-state index is -0.389. The molecule has 4 heteroatoms. The van der Waals surface area contributed by atoms with Gasteiger partial charge in [-0.2, -0.15) is 0 Å². The number of allylic oxidation sites excluding steroid dienone is 3. The Hall–Kier alpha value is -2.75. The average Bonchev–Trinajstić information content (AvgIpc) is 3.10. The SMILES string of the molecule is CC.CC(C)=CCC/C(C)=C/COc1c2ccoc2cc2oc(=O)ccc12. The van der Waals surface area contributed by atoms with E-state index in [9.17, 15) is 4.79 Å². The Balaban J connectivity index is 0.00000126. The highest BCUT2D eigenvalue weighted by Gasteiger charge is 2.12. The molecule has 1 aromatic carbocycles. The fourth-order valence-electron chi connectivity index (χ4n) is 2.72. The van der Waals surface area contributed by atoms with Crippen LogP contribution in [0.2, 0.25) is 0 Å². The summed E-state index contributed by atoms with van der Waals surface area (Å²) < 4.78 is 16.7. The van der Waals surface area contributed by atoms with E-state index >= 15 is 0 Å². The predicted octanol–water partition coefficient (Wildman–Crippen LogP) is 6.64. The van der Waals surface area contributed by atoms with Crippen LogP contribution in [-0.4, -0.2) is 6.61 Å². The maximum atomic E-state index is 11.5. The van der Waals surface area contributed by atoms with E-state index in [0.717, 1.165) is 23.6 Å². The van der Waals surface area contributed by atoms with Crippen LogP contribution in [0.5, 0.6) is 5.75 Å². The molecule has 0 N–H and O–H groups in total. The molecule has 0 saturated heterocycles. The molecule has 3 rings (SSSR count). The first-order valence-corrected chi connectivity index (χ1v) is 9.40. The highest BCUT2D eigenvalue weighted by molar-refractivity contribution is 6.01. The van der Waals surface area contributed by atoms with Gasteiger partial charge in [0.05, 0.1) is 17.0 Å². The van der Waals surface area contributed by atoms with Crippen LogP contribution in [0.15, 0.2) is 67.5 Å². The van der Waals surface area contributed by atoms with Crippen LogP contribution in [-0.2, 0) is 0 Å². The molecule has 0 aliphatic carbocycles. The lowest BCUT2D eigenvalue weighted by molar-refractivity contribution is 0.369. The fraction of sp³-hybridized carbons (Fsp3) is 0.348. The first kappa shape index (κ1) is 20.6. The molecule has 0 aliphatic rings. The van der Waals surface area contributed by atoms with E-state index in [2.05, 4.69) is 32.9 Å². The molecule has 0 fully saturated rings. The lowest BCUT2D eigenvalue weighted by Gasteiger charge is -2.09. The lowest BCUT2D eigenvalue weighted by Crippen LogP contribution is -1.99. The Labute approximate surface area is 160 Å². The molecule has 0 spiro atoms. The number of hydrogen-bond donors (Lipinski definition) is 0. The van der Waals surface area contributed by atoms with E-state index in [-0.39, 0.29) is 5.63 Å². The molecule has 2 aromatic heterocycles. The largest absolute Gasteiger partial charge is 0.488 e. The van der Waals surface area contributed by atoms with E-state index in [1.54, 1.807) is 18.4 Å². The molecular formula is C23H28O4. The molecule has 0 radical (unpaired) electrons. The number of ether oxygens (including phenoxy) is 1. The molecule has 0 bridgehead atoms. The summed E-state index contributed by atoms with van der Waals surface area (Å²) in [6.07, 6.45) is 7.98. The predicted molar refractivity (Wildman–Crippen MR) is 112 cm³/mol. The van der Waals surface area contributed by atoms with Crippen molar-refractivity contribution in [1.29, 1.82) is 0 Å². The second kappa shape index (κ2) is 9.81. The zero-order valence-electron chi connectivity index (χ0n) is 16.8. The number of furan rings is 1. The van der Waals surface area contributed by atoms with Gasteiger partial charge in [-0.15, -0.1) is 0 Å². The summed E-state index contributed by atoms with van der Waals surface area (Å²) in [7, 11) is 0. The molecule has 2 heterocycles. The molecule has 0 aliphatic heterocycles. The van der Waals surface area contributed by atoms with E-state index in [4.69, 9.17) is 13.6 Å². The van der Waals surface area contributed by atoms with Crippen LogP contribution >= 0.6 is 0 Å². The average molecular weight is 368 g/mol. The number of rotatable bonds is 6. The normalized spacial score (nSPS) is 11.2. The summed E-state index contributed by atoms with van der Waals surface area (Å²) in [5.41, 5.74) is 3.34. The zero-order valence-corrected chi connectivity index (χ0v) is 16.8. The van der Waals surface area contributed by atoms with Crippen LogP contribution in [0, 0.1) is 0 Å². The molecule has 0 amide bonds. The fourth-order valence-corrected chi connectivity index (χ4v) is 2.72. The van der Waals surface area contributed by atoms with Gasteiger partial charge in [0.15, 0.2) is 0 Å². The molecule has 4 nitrogen and oxygen atoms in total. The van der Waals surface area contributed by atoms with Crippen LogP contribution in [0.4, 0.5) is 0 Å². The van der Waals surface area contributed by atoms with Gasteiger partial charge < -0.3 is 13.6 Å². The summed E-state index contributed by atoms with van der Waals surface area (Å²) in [6.45, 7) is 10.8. The first-order valence-electron chi connectivity index (χ1n) is 9.40. The Morgan fingerprint density at radius 1 is 1.04 bits per heavy atom. The lowest BCUT2D eigenvalue weighted by atomic mass is 10.1. The van der Waals surface area contributed by atoms with Crippen molar-refractivity contribution in [1.82, 2.24) is 0 Å². The monoisotopic (exact) mass is 368 g/mol. The summed E-state index contributed by atoms with van der Waals surface area (Å²) in [5, 5.41) is 1.64. The molecule has 0 atom stereocenters. The topological polar surface area (TPSA) is 52.6 Å². The smallest absolute Gasteiger partial charge is 0.336 e. The van der Waals surface area contributed by atoms with E-state index in [1.165, 1.54) is 17.2 Å². The summed E-state index contributed by atoms with van der Waals surface area (Å²) >= 11 is 0. The Bertz CT molecular complexity index is 998. The van der Waals surface area contributed by atoms with Crippen molar-refractivity contribution in [2.45, 2.75) is 47.5 Å². The van der Waals surface area contributed by atoms with Gasteiger partial charge in [0.1, 0.15) is 23.5 Å².